The second kappa shape index (κ2) is 6.46. The quantitative estimate of drug-likeness (QED) is 0.626. The maximum Gasteiger partial charge on any atom is 0.258 e. The van der Waals surface area contributed by atoms with E-state index < -0.39 is 0 Å². The summed E-state index contributed by atoms with van der Waals surface area (Å²) in [5.74, 6) is 0.311. The zero-order valence-corrected chi connectivity index (χ0v) is 15.5. The van der Waals surface area contributed by atoms with Gasteiger partial charge in [-0.05, 0) is 59.3 Å². The van der Waals surface area contributed by atoms with E-state index in [-0.39, 0.29) is 11.8 Å². The van der Waals surface area contributed by atoms with E-state index in [1.165, 1.54) is 6.08 Å². The zero-order valence-electron chi connectivity index (χ0n) is 14.0. The molecule has 6 heteroatoms. The molecule has 1 aromatic heterocycles. The van der Waals surface area contributed by atoms with Crippen molar-refractivity contribution in [2.45, 2.75) is 6.92 Å². The third-order valence-corrected chi connectivity index (χ3v) is 4.78. The van der Waals surface area contributed by atoms with Gasteiger partial charge in [0.2, 0.25) is 5.91 Å². The summed E-state index contributed by atoms with van der Waals surface area (Å²) in [4.78, 5) is 26.5. The Morgan fingerprint density at radius 3 is 2.81 bits per heavy atom. The number of furan rings is 1. The van der Waals surface area contributed by atoms with Gasteiger partial charge in [-0.3, -0.25) is 9.59 Å². The van der Waals surface area contributed by atoms with Crippen LogP contribution in [0.25, 0.3) is 16.8 Å². The number of hydrogen-bond donors (Lipinski definition) is 1. The molecule has 0 unspecified atom stereocenters. The second-order valence-corrected chi connectivity index (χ2v) is 6.66. The van der Waals surface area contributed by atoms with Gasteiger partial charge < -0.3 is 14.6 Å². The van der Waals surface area contributed by atoms with Crippen molar-refractivity contribution in [2.75, 3.05) is 16.8 Å². The molecule has 0 atom stereocenters. The van der Waals surface area contributed by atoms with Gasteiger partial charge in [0.15, 0.2) is 4.67 Å². The highest BCUT2D eigenvalue weighted by atomic mass is 79.9. The topological polar surface area (TPSA) is 62.6 Å². The van der Waals surface area contributed by atoms with Gasteiger partial charge in [0.1, 0.15) is 5.76 Å². The predicted molar refractivity (Wildman–Crippen MR) is 105 cm³/mol. The molecule has 2 heterocycles. The lowest BCUT2D eigenvalue weighted by Gasteiger charge is -2.15. The fourth-order valence-corrected chi connectivity index (χ4v) is 3.54. The molecule has 5 nitrogen and oxygen atoms in total. The molecular formula is C20H15BrN2O3. The number of nitrogens with zero attached hydrogens (tertiary/aromatic N) is 1. The van der Waals surface area contributed by atoms with Crippen LogP contribution in [0, 0.1) is 0 Å². The molecule has 0 radical (unpaired) electrons. The van der Waals surface area contributed by atoms with Gasteiger partial charge in [-0.15, -0.1) is 0 Å². The number of rotatable bonds is 4. The Balaban J connectivity index is 1.66. The first-order chi connectivity index (χ1) is 12.6. The van der Waals surface area contributed by atoms with Crippen LogP contribution in [-0.4, -0.2) is 18.4 Å². The molecule has 0 saturated heterocycles. The highest BCUT2D eigenvalue weighted by Gasteiger charge is 2.29. The molecule has 26 heavy (non-hydrogen) atoms. The molecule has 0 aliphatic carbocycles. The Kier molecular flexibility index (Phi) is 4.12. The average molecular weight is 411 g/mol. The lowest BCUT2D eigenvalue weighted by Crippen LogP contribution is -2.25. The Bertz CT molecular complexity index is 1070. The number of anilines is 2. The summed E-state index contributed by atoms with van der Waals surface area (Å²) < 4.78 is 5.94. The smallest absolute Gasteiger partial charge is 0.258 e. The maximum absolute atomic E-state index is 12.5. The number of carbonyl (C=O) groups excluding carboxylic acids is 2. The van der Waals surface area contributed by atoms with Crippen molar-refractivity contribution < 1.29 is 14.0 Å². The van der Waals surface area contributed by atoms with Crippen molar-refractivity contribution in [1.82, 2.24) is 0 Å². The van der Waals surface area contributed by atoms with Crippen molar-refractivity contribution in [2.24, 2.45) is 0 Å². The van der Waals surface area contributed by atoms with Crippen LogP contribution in [0.15, 0.2) is 57.6 Å². The summed E-state index contributed by atoms with van der Waals surface area (Å²) in [6.45, 7) is 2.55. The number of carbonyl (C=O) groups is 2. The number of halogens is 1. The largest absolute Gasteiger partial charge is 0.450 e. The van der Waals surface area contributed by atoms with E-state index in [0.717, 1.165) is 16.5 Å². The van der Waals surface area contributed by atoms with Gasteiger partial charge in [0, 0.05) is 34.6 Å². The normalized spacial score (nSPS) is 13.2. The van der Waals surface area contributed by atoms with Crippen LogP contribution in [0.4, 0.5) is 11.4 Å². The number of amides is 2. The zero-order chi connectivity index (χ0) is 18.3. The van der Waals surface area contributed by atoms with Crippen LogP contribution >= 0.6 is 15.9 Å². The molecule has 1 aliphatic heterocycles. The van der Waals surface area contributed by atoms with Crippen LogP contribution in [0.2, 0.25) is 0 Å². The van der Waals surface area contributed by atoms with Crippen molar-refractivity contribution >= 4 is 56.0 Å². The van der Waals surface area contributed by atoms with Crippen molar-refractivity contribution in [3.8, 4) is 0 Å². The fraction of sp³-hybridized carbons (Fsp3) is 0.100. The minimum Gasteiger partial charge on any atom is -0.450 e. The second-order valence-electron chi connectivity index (χ2n) is 5.87. The van der Waals surface area contributed by atoms with Crippen LogP contribution in [0.5, 0.6) is 0 Å². The first-order valence-electron chi connectivity index (χ1n) is 8.20. The summed E-state index contributed by atoms with van der Waals surface area (Å²) in [7, 11) is 0. The Morgan fingerprint density at radius 1 is 1.23 bits per heavy atom. The third kappa shape index (κ3) is 2.72. The van der Waals surface area contributed by atoms with E-state index in [0.29, 0.717) is 28.2 Å². The van der Waals surface area contributed by atoms with Gasteiger partial charge in [-0.2, -0.15) is 0 Å². The van der Waals surface area contributed by atoms with Crippen molar-refractivity contribution in [3.05, 3.63) is 64.5 Å². The van der Waals surface area contributed by atoms with E-state index in [2.05, 4.69) is 21.2 Å². The third-order valence-electron chi connectivity index (χ3n) is 4.35. The molecule has 1 N–H and O–H groups in total. The fourth-order valence-electron chi connectivity index (χ4n) is 3.22. The Morgan fingerprint density at radius 2 is 2.08 bits per heavy atom. The summed E-state index contributed by atoms with van der Waals surface area (Å²) in [6.07, 6.45) is 3.01. The lowest BCUT2D eigenvalue weighted by molar-refractivity contribution is -0.111. The summed E-state index contributed by atoms with van der Waals surface area (Å²) >= 11 is 3.22. The van der Waals surface area contributed by atoms with Crippen LogP contribution in [-0.2, 0) is 4.79 Å². The highest BCUT2D eigenvalue weighted by Crippen LogP contribution is 2.40. The highest BCUT2D eigenvalue weighted by molar-refractivity contribution is 9.10. The molecule has 4 rings (SSSR count). The lowest BCUT2D eigenvalue weighted by atomic mass is 10.0. The molecule has 2 aromatic carbocycles. The van der Waals surface area contributed by atoms with E-state index in [1.54, 1.807) is 23.1 Å². The first kappa shape index (κ1) is 16.6. The summed E-state index contributed by atoms with van der Waals surface area (Å²) in [6, 6.07) is 12.8. The molecule has 0 fully saturated rings. The van der Waals surface area contributed by atoms with E-state index in [9.17, 15) is 9.59 Å². The van der Waals surface area contributed by atoms with Crippen LogP contribution < -0.4 is 10.2 Å². The SMILES string of the molecule is CCN1C(=O)c2cccc3c(NC(=O)/C=C/c4ccc(Br)o4)ccc1c23. The first-order valence-corrected chi connectivity index (χ1v) is 9.00. The minimum atomic E-state index is -0.269. The average Bonchev–Trinajstić information content (AvgIpc) is 3.18. The Hall–Kier alpha value is -2.86. The molecule has 0 bridgehead atoms. The van der Waals surface area contributed by atoms with E-state index >= 15 is 0 Å². The van der Waals surface area contributed by atoms with Crippen LogP contribution in [0.1, 0.15) is 23.0 Å². The van der Waals surface area contributed by atoms with Gasteiger partial charge in [-0.1, -0.05) is 12.1 Å². The van der Waals surface area contributed by atoms with E-state index in [4.69, 9.17) is 4.42 Å². The number of nitrogens with one attached hydrogen (secondary N) is 1. The molecule has 0 spiro atoms. The number of hydrogen-bond acceptors (Lipinski definition) is 3. The van der Waals surface area contributed by atoms with Crippen molar-refractivity contribution in [1.29, 1.82) is 0 Å². The summed E-state index contributed by atoms with van der Waals surface area (Å²) in [5, 5.41) is 4.62. The minimum absolute atomic E-state index is 0.000122. The summed E-state index contributed by atoms with van der Waals surface area (Å²) in [5.41, 5.74) is 2.23. The van der Waals surface area contributed by atoms with Gasteiger partial charge in [0.05, 0.1) is 5.69 Å². The van der Waals surface area contributed by atoms with Gasteiger partial charge in [0.25, 0.3) is 5.91 Å². The molecule has 130 valence electrons. The predicted octanol–water partition coefficient (Wildman–Crippen LogP) is 4.83. The molecule has 3 aromatic rings. The van der Waals surface area contributed by atoms with Crippen LogP contribution in [0.3, 0.4) is 0 Å². The standard InChI is InChI=1S/C20H15BrN2O3/c1-2-23-16-9-8-15(13-4-3-5-14(19(13)16)20(23)25)22-18(24)11-7-12-6-10-17(21)26-12/h3-11H,2H2,1H3,(H,22,24)/b11-7+. The molecule has 0 saturated carbocycles. The molecular weight excluding hydrogens is 396 g/mol. The van der Waals surface area contributed by atoms with Crippen molar-refractivity contribution in [3.63, 3.8) is 0 Å². The van der Waals surface area contributed by atoms with E-state index in [1.807, 2.05) is 37.3 Å². The Labute approximate surface area is 158 Å². The van der Waals surface area contributed by atoms with Gasteiger partial charge >= 0.3 is 0 Å². The molecule has 1 aliphatic rings. The monoisotopic (exact) mass is 410 g/mol. The molecule has 2 amide bonds. The maximum atomic E-state index is 12.5. The number of benzene rings is 2. The van der Waals surface area contributed by atoms with Gasteiger partial charge in [-0.25, -0.2) is 0 Å².